The van der Waals surface area contributed by atoms with E-state index in [1.165, 1.54) is 4.90 Å². The predicted octanol–water partition coefficient (Wildman–Crippen LogP) is 4.37. The van der Waals surface area contributed by atoms with Crippen LogP contribution in [0, 0.1) is 19.8 Å². The standard InChI is InChI=1S/C26H30N4O3/c1-16-8-6-12-20(14-16)28-26(33)29-24-25(32)30(15-22(31)19-10-4-5-11-19)23-17(2)9-7-13-21(23)18(3)27-24/h6-9,12-14,19,24H,4-5,10-11,15H2,1-3H3,(H2,28,29,33)/t24-/m0/s1. The molecule has 2 N–H and O–H groups in total. The summed E-state index contributed by atoms with van der Waals surface area (Å²) in [5.41, 5.74) is 4.65. The fourth-order valence-electron chi connectivity index (χ4n) is 4.68. The number of hydrogen-bond acceptors (Lipinski definition) is 4. The SMILES string of the molecule is CC1=N[C@@H](NC(=O)Nc2cccc(C)c2)C(=O)N(CC(=O)C2CCCC2)c2c(C)cccc21. The Kier molecular flexibility index (Phi) is 6.58. The number of fused-ring (bicyclic) bond motifs is 1. The zero-order chi connectivity index (χ0) is 23.5. The smallest absolute Gasteiger partial charge is 0.308 e. The molecule has 1 atom stereocenters. The highest BCUT2D eigenvalue weighted by molar-refractivity contribution is 6.14. The van der Waals surface area contributed by atoms with Crippen LogP contribution < -0.4 is 15.5 Å². The van der Waals surface area contributed by atoms with Gasteiger partial charge in [0, 0.05) is 22.9 Å². The maximum Gasteiger partial charge on any atom is 0.321 e. The average Bonchev–Trinajstić information content (AvgIpc) is 3.29. The summed E-state index contributed by atoms with van der Waals surface area (Å²) < 4.78 is 0. The van der Waals surface area contributed by atoms with E-state index in [9.17, 15) is 14.4 Å². The number of benzene rings is 2. The van der Waals surface area contributed by atoms with E-state index in [1.54, 1.807) is 6.07 Å². The highest BCUT2D eigenvalue weighted by Gasteiger charge is 2.35. The Labute approximate surface area is 194 Å². The van der Waals surface area contributed by atoms with Gasteiger partial charge < -0.3 is 15.5 Å². The number of carbonyl (C=O) groups excluding carboxylic acids is 3. The van der Waals surface area contributed by atoms with Gasteiger partial charge in [-0.2, -0.15) is 0 Å². The average molecular weight is 447 g/mol. The van der Waals surface area contributed by atoms with E-state index in [1.807, 2.05) is 57.2 Å². The molecule has 4 rings (SSSR count). The molecule has 33 heavy (non-hydrogen) atoms. The monoisotopic (exact) mass is 446 g/mol. The van der Waals surface area contributed by atoms with E-state index in [4.69, 9.17) is 0 Å². The van der Waals surface area contributed by atoms with Gasteiger partial charge >= 0.3 is 6.03 Å². The van der Waals surface area contributed by atoms with Crippen LogP contribution in [0.4, 0.5) is 16.2 Å². The van der Waals surface area contributed by atoms with Gasteiger partial charge in [0.15, 0.2) is 5.78 Å². The van der Waals surface area contributed by atoms with Crippen LogP contribution in [-0.2, 0) is 9.59 Å². The van der Waals surface area contributed by atoms with E-state index >= 15 is 0 Å². The first-order chi connectivity index (χ1) is 15.8. The lowest BCUT2D eigenvalue weighted by molar-refractivity contribution is -0.125. The van der Waals surface area contributed by atoms with Gasteiger partial charge in [-0.3, -0.25) is 14.6 Å². The van der Waals surface area contributed by atoms with Crippen molar-refractivity contribution in [1.29, 1.82) is 0 Å². The number of rotatable bonds is 5. The summed E-state index contributed by atoms with van der Waals surface area (Å²) in [7, 11) is 0. The van der Waals surface area contributed by atoms with Crippen LogP contribution in [0.3, 0.4) is 0 Å². The molecule has 1 aliphatic carbocycles. The Morgan fingerprint density at radius 1 is 1.06 bits per heavy atom. The minimum absolute atomic E-state index is 0.00781. The maximum atomic E-state index is 13.6. The summed E-state index contributed by atoms with van der Waals surface area (Å²) in [4.78, 5) is 45.4. The third kappa shape index (κ3) is 4.97. The quantitative estimate of drug-likeness (QED) is 0.715. The molecule has 2 aliphatic rings. The number of Topliss-reactive ketones (excluding diaryl/α,β-unsaturated/α-hetero) is 1. The van der Waals surface area contributed by atoms with Crippen molar-refractivity contribution in [2.24, 2.45) is 10.9 Å². The fourth-order valence-corrected chi connectivity index (χ4v) is 4.68. The van der Waals surface area contributed by atoms with Gasteiger partial charge in [0.2, 0.25) is 6.17 Å². The van der Waals surface area contributed by atoms with Crippen LogP contribution in [0.15, 0.2) is 47.5 Å². The minimum Gasteiger partial charge on any atom is -0.308 e. The van der Waals surface area contributed by atoms with E-state index < -0.39 is 18.1 Å². The molecule has 3 amide bonds. The van der Waals surface area contributed by atoms with Gasteiger partial charge in [-0.25, -0.2) is 4.79 Å². The number of para-hydroxylation sites is 1. The molecule has 1 fully saturated rings. The molecule has 172 valence electrons. The highest BCUT2D eigenvalue weighted by atomic mass is 16.2. The maximum absolute atomic E-state index is 13.6. The van der Waals surface area contributed by atoms with Crippen molar-refractivity contribution in [3.8, 4) is 0 Å². The van der Waals surface area contributed by atoms with Crippen molar-refractivity contribution in [3.63, 3.8) is 0 Å². The lowest BCUT2D eigenvalue weighted by atomic mass is 10.00. The molecular weight excluding hydrogens is 416 g/mol. The third-order valence-electron chi connectivity index (χ3n) is 6.39. The molecule has 2 aromatic carbocycles. The Hall–Kier alpha value is -3.48. The van der Waals surface area contributed by atoms with Crippen LogP contribution >= 0.6 is 0 Å². The van der Waals surface area contributed by atoms with E-state index in [-0.39, 0.29) is 18.2 Å². The summed E-state index contributed by atoms with van der Waals surface area (Å²) in [6.07, 6.45) is 2.71. The minimum atomic E-state index is -1.13. The molecule has 2 aromatic rings. The molecule has 0 unspecified atom stereocenters. The van der Waals surface area contributed by atoms with Crippen LogP contribution in [0.5, 0.6) is 0 Å². The van der Waals surface area contributed by atoms with Gasteiger partial charge in [0.25, 0.3) is 5.91 Å². The molecule has 0 saturated heterocycles. The lowest BCUT2D eigenvalue weighted by Gasteiger charge is -2.27. The molecule has 0 bridgehead atoms. The number of anilines is 2. The summed E-state index contributed by atoms with van der Waals surface area (Å²) in [6.45, 7) is 5.66. The fraction of sp³-hybridized carbons (Fsp3) is 0.385. The number of ketones is 1. The Morgan fingerprint density at radius 3 is 2.52 bits per heavy atom. The number of aryl methyl sites for hydroxylation is 2. The van der Waals surface area contributed by atoms with Crippen molar-refractivity contribution in [1.82, 2.24) is 5.32 Å². The van der Waals surface area contributed by atoms with Crippen molar-refractivity contribution in [2.45, 2.75) is 52.6 Å². The number of hydrogen-bond donors (Lipinski definition) is 2. The number of nitrogens with zero attached hydrogens (tertiary/aromatic N) is 2. The second-order valence-electron chi connectivity index (χ2n) is 8.93. The van der Waals surface area contributed by atoms with Crippen molar-refractivity contribution < 1.29 is 14.4 Å². The highest BCUT2D eigenvalue weighted by Crippen LogP contribution is 2.31. The third-order valence-corrected chi connectivity index (χ3v) is 6.39. The van der Waals surface area contributed by atoms with Crippen LogP contribution in [0.2, 0.25) is 0 Å². The van der Waals surface area contributed by atoms with E-state index in [0.29, 0.717) is 17.1 Å². The number of benzodiazepines with no additional fused rings is 1. The van der Waals surface area contributed by atoms with Crippen molar-refractivity contribution >= 4 is 34.8 Å². The molecule has 0 aromatic heterocycles. The first kappa shape index (κ1) is 22.7. The van der Waals surface area contributed by atoms with Gasteiger partial charge in [0.1, 0.15) is 0 Å². The largest absolute Gasteiger partial charge is 0.321 e. The van der Waals surface area contributed by atoms with Crippen LogP contribution in [0.1, 0.15) is 49.3 Å². The number of urea groups is 1. The summed E-state index contributed by atoms with van der Waals surface area (Å²) in [6, 6.07) is 12.6. The normalized spacial score (nSPS) is 18.4. The summed E-state index contributed by atoms with van der Waals surface area (Å²) >= 11 is 0. The Morgan fingerprint density at radius 2 is 1.79 bits per heavy atom. The first-order valence-electron chi connectivity index (χ1n) is 11.5. The second kappa shape index (κ2) is 9.57. The molecule has 1 heterocycles. The molecule has 7 heteroatoms. The van der Waals surface area contributed by atoms with E-state index in [2.05, 4.69) is 15.6 Å². The van der Waals surface area contributed by atoms with Crippen molar-refractivity contribution in [2.75, 3.05) is 16.8 Å². The zero-order valence-electron chi connectivity index (χ0n) is 19.4. The Balaban J connectivity index is 1.61. The summed E-state index contributed by atoms with van der Waals surface area (Å²) in [5.74, 6) is -0.350. The van der Waals surface area contributed by atoms with Gasteiger partial charge in [-0.15, -0.1) is 0 Å². The first-order valence-corrected chi connectivity index (χ1v) is 11.5. The van der Waals surface area contributed by atoms with E-state index in [0.717, 1.165) is 42.4 Å². The lowest BCUT2D eigenvalue weighted by Crippen LogP contribution is -2.50. The number of carbonyl (C=O) groups is 3. The predicted molar refractivity (Wildman–Crippen MR) is 130 cm³/mol. The number of nitrogens with one attached hydrogen (secondary N) is 2. The van der Waals surface area contributed by atoms with Crippen molar-refractivity contribution in [3.05, 3.63) is 59.2 Å². The second-order valence-corrected chi connectivity index (χ2v) is 8.93. The number of aliphatic imine (C=N–C) groups is 1. The topological polar surface area (TPSA) is 90.9 Å². The zero-order valence-corrected chi connectivity index (χ0v) is 19.4. The summed E-state index contributed by atoms with van der Waals surface area (Å²) in [5, 5.41) is 5.46. The molecule has 0 spiro atoms. The molecule has 1 saturated carbocycles. The van der Waals surface area contributed by atoms with Gasteiger partial charge in [-0.05, 0) is 56.9 Å². The molecule has 0 radical (unpaired) electrons. The van der Waals surface area contributed by atoms with Gasteiger partial charge in [-0.1, -0.05) is 43.2 Å². The molecule has 7 nitrogen and oxygen atoms in total. The number of amides is 3. The molecule has 1 aliphatic heterocycles. The van der Waals surface area contributed by atoms with Crippen LogP contribution in [-0.4, -0.2) is 36.1 Å². The van der Waals surface area contributed by atoms with Crippen LogP contribution in [0.25, 0.3) is 0 Å². The van der Waals surface area contributed by atoms with Gasteiger partial charge in [0.05, 0.1) is 12.2 Å². The molecular formula is C26H30N4O3. The Bertz CT molecular complexity index is 1120.